The van der Waals surface area contributed by atoms with Crippen molar-refractivity contribution in [3.63, 3.8) is 0 Å². The van der Waals surface area contributed by atoms with E-state index < -0.39 is 11.8 Å². The number of benzene rings is 2. The van der Waals surface area contributed by atoms with E-state index in [0.29, 0.717) is 41.3 Å². The zero-order valence-electron chi connectivity index (χ0n) is 18.1. The highest BCUT2D eigenvalue weighted by atomic mass is 19.1. The van der Waals surface area contributed by atoms with Crippen molar-refractivity contribution in [2.45, 2.75) is 26.8 Å². The summed E-state index contributed by atoms with van der Waals surface area (Å²) >= 11 is 0. The highest BCUT2D eigenvalue weighted by molar-refractivity contribution is 6.00. The van der Waals surface area contributed by atoms with Crippen LogP contribution in [-0.2, 0) is 13.0 Å². The number of halogens is 2. The first kappa shape index (κ1) is 21.0. The van der Waals surface area contributed by atoms with Crippen LogP contribution in [0.5, 0.6) is 11.6 Å². The van der Waals surface area contributed by atoms with Crippen LogP contribution in [0.25, 0.3) is 10.9 Å². The van der Waals surface area contributed by atoms with E-state index in [1.165, 1.54) is 29.1 Å². The van der Waals surface area contributed by atoms with Gasteiger partial charge in [0.05, 0.1) is 11.2 Å². The lowest BCUT2D eigenvalue weighted by molar-refractivity contribution is 0.254. The maximum atomic E-state index is 15.4. The summed E-state index contributed by atoms with van der Waals surface area (Å²) in [5, 5.41) is 6.22. The number of amides is 1. The molecule has 5 rings (SSSR count). The highest BCUT2D eigenvalue weighted by Crippen LogP contribution is 2.33. The molecule has 33 heavy (non-hydrogen) atoms. The van der Waals surface area contributed by atoms with E-state index in [4.69, 9.17) is 4.74 Å². The minimum Gasteiger partial charge on any atom is -0.436 e. The lowest BCUT2D eigenvalue weighted by Gasteiger charge is -2.18. The number of aryl methyl sites for hydroxylation is 2. The van der Waals surface area contributed by atoms with E-state index in [-0.39, 0.29) is 17.0 Å². The van der Waals surface area contributed by atoms with Crippen LogP contribution in [0.2, 0.25) is 0 Å². The van der Waals surface area contributed by atoms with Crippen LogP contribution in [0.15, 0.2) is 42.7 Å². The fourth-order valence-electron chi connectivity index (χ4n) is 4.05. The van der Waals surface area contributed by atoms with E-state index in [2.05, 4.69) is 20.6 Å². The van der Waals surface area contributed by atoms with E-state index in [9.17, 15) is 9.18 Å². The topological polar surface area (TPSA) is 81.1 Å². The van der Waals surface area contributed by atoms with E-state index in [0.717, 1.165) is 17.8 Å². The van der Waals surface area contributed by atoms with Crippen molar-refractivity contribution in [2.24, 2.45) is 0 Å². The Labute approximate surface area is 188 Å². The predicted octanol–water partition coefficient (Wildman–Crippen LogP) is 4.84. The van der Waals surface area contributed by atoms with Gasteiger partial charge < -0.3 is 15.4 Å². The summed E-state index contributed by atoms with van der Waals surface area (Å²) in [7, 11) is 0. The molecule has 0 spiro atoms. The van der Waals surface area contributed by atoms with Crippen molar-refractivity contribution in [1.29, 1.82) is 0 Å². The molecule has 7 nitrogen and oxygen atoms in total. The Morgan fingerprint density at radius 2 is 2.00 bits per heavy atom. The van der Waals surface area contributed by atoms with Crippen molar-refractivity contribution >= 4 is 22.6 Å². The minimum atomic E-state index is -0.582. The summed E-state index contributed by atoms with van der Waals surface area (Å²) in [6.45, 7) is 4.70. The zero-order chi connectivity index (χ0) is 23.1. The van der Waals surface area contributed by atoms with Crippen LogP contribution in [0.1, 0.15) is 22.5 Å². The number of nitrogens with zero attached hydrogens (tertiary/aromatic N) is 3. The lowest BCUT2D eigenvalue weighted by Crippen LogP contribution is -2.25. The van der Waals surface area contributed by atoms with Gasteiger partial charge in [0, 0.05) is 28.9 Å². The normalized spacial score (nSPS) is 13.1. The van der Waals surface area contributed by atoms with Crippen LogP contribution in [0, 0.1) is 25.5 Å². The number of anilines is 1. The number of fused-ring (bicyclic) bond motifs is 2. The van der Waals surface area contributed by atoms with E-state index >= 15 is 4.39 Å². The van der Waals surface area contributed by atoms with Gasteiger partial charge in [0.15, 0.2) is 11.6 Å². The molecule has 0 aliphatic carbocycles. The minimum absolute atomic E-state index is 0.0219. The highest BCUT2D eigenvalue weighted by Gasteiger charge is 2.21. The number of aromatic nitrogens is 3. The average Bonchev–Trinajstić information content (AvgIpc) is 3.15. The third-order valence-electron chi connectivity index (χ3n) is 5.73. The molecule has 0 atom stereocenters. The van der Waals surface area contributed by atoms with Gasteiger partial charge in [-0.15, -0.1) is 0 Å². The Morgan fingerprint density at radius 1 is 1.15 bits per heavy atom. The lowest BCUT2D eigenvalue weighted by atomic mass is 10.1. The first-order valence-corrected chi connectivity index (χ1v) is 10.5. The van der Waals surface area contributed by atoms with Gasteiger partial charge in [-0.3, -0.25) is 4.57 Å². The predicted molar refractivity (Wildman–Crippen MR) is 120 cm³/mol. The third-order valence-corrected chi connectivity index (χ3v) is 5.73. The molecule has 2 N–H and O–H groups in total. The van der Waals surface area contributed by atoms with Crippen LogP contribution in [0.4, 0.5) is 19.3 Å². The van der Waals surface area contributed by atoms with Gasteiger partial charge in [0.25, 0.3) is 0 Å². The maximum absolute atomic E-state index is 15.4. The van der Waals surface area contributed by atoms with Gasteiger partial charge in [-0.1, -0.05) is 0 Å². The Kier molecular flexibility index (Phi) is 5.26. The van der Waals surface area contributed by atoms with Gasteiger partial charge in [-0.25, -0.2) is 23.5 Å². The quantitative estimate of drug-likeness (QED) is 0.468. The van der Waals surface area contributed by atoms with Crippen molar-refractivity contribution < 1.29 is 18.3 Å². The zero-order valence-corrected chi connectivity index (χ0v) is 18.1. The van der Waals surface area contributed by atoms with E-state index in [1.54, 1.807) is 32.0 Å². The summed E-state index contributed by atoms with van der Waals surface area (Å²) in [5.74, 6) is -0.582. The fraction of sp³-hybridized carbons (Fsp3) is 0.208. The molecule has 3 heterocycles. The standard InChI is InChI=1S/C24H21F2N5O2/c1-13-9-15(3-4-18(13)25)30-24(32)31-14(2)10-17-20(31)5-6-21(22(17)26)33-23-16-7-8-27-11-19(16)28-12-29-23/h3-6,9-10,12,27H,7-8,11H2,1-2H3,(H,30,32). The maximum Gasteiger partial charge on any atom is 0.330 e. The Hall–Kier alpha value is -3.85. The van der Waals surface area contributed by atoms with Gasteiger partial charge >= 0.3 is 6.03 Å². The molecular formula is C24H21F2N5O2. The molecule has 1 aliphatic rings. The number of carbonyl (C=O) groups excluding carboxylic acids is 1. The van der Waals surface area contributed by atoms with Crippen molar-refractivity contribution in [3.05, 3.63) is 76.9 Å². The van der Waals surface area contributed by atoms with Crippen molar-refractivity contribution in [2.75, 3.05) is 11.9 Å². The number of ether oxygens (including phenoxy) is 1. The second-order valence-electron chi connectivity index (χ2n) is 7.96. The van der Waals surface area contributed by atoms with Gasteiger partial charge in [-0.05, 0) is 68.8 Å². The Balaban J connectivity index is 1.48. The number of hydrogen-bond donors (Lipinski definition) is 2. The van der Waals surface area contributed by atoms with E-state index in [1.807, 2.05) is 0 Å². The summed E-state index contributed by atoms with van der Waals surface area (Å²) < 4.78 is 36.2. The number of nitrogens with one attached hydrogen (secondary N) is 2. The number of rotatable bonds is 3. The molecule has 2 aromatic heterocycles. The molecule has 0 fully saturated rings. The van der Waals surface area contributed by atoms with Crippen LogP contribution in [-0.4, -0.2) is 27.1 Å². The van der Waals surface area contributed by atoms with Gasteiger partial charge in [0.2, 0.25) is 5.88 Å². The Bertz CT molecular complexity index is 1400. The van der Waals surface area contributed by atoms with Crippen molar-refractivity contribution in [3.8, 4) is 11.6 Å². The summed E-state index contributed by atoms with van der Waals surface area (Å²) in [6, 6.07) is 8.54. The van der Waals surface area contributed by atoms with Crippen molar-refractivity contribution in [1.82, 2.24) is 19.9 Å². The molecule has 0 unspecified atom stereocenters. The molecule has 9 heteroatoms. The third kappa shape index (κ3) is 3.80. The van der Waals surface area contributed by atoms with Crippen LogP contribution >= 0.6 is 0 Å². The first-order chi connectivity index (χ1) is 15.9. The number of hydrogen-bond acceptors (Lipinski definition) is 5. The fourth-order valence-corrected chi connectivity index (χ4v) is 4.05. The SMILES string of the molecule is Cc1cc(NC(=O)n2c(C)cc3c(F)c(Oc4ncnc5c4CCNC5)ccc32)ccc1F. The monoisotopic (exact) mass is 449 g/mol. The largest absolute Gasteiger partial charge is 0.436 e. The average molecular weight is 449 g/mol. The van der Waals surface area contributed by atoms with Gasteiger partial charge in [0.1, 0.15) is 12.1 Å². The summed E-state index contributed by atoms with van der Waals surface area (Å²) in [4.78, 5) is 21.4. The molecule has 4 aromatic rings. The number of carbonyl (C=O) groups is 1. The molecule has 168 valence electrons. The summed E-state index contributed by atoms with van der Waals surface area (Å²) in [5.41, 5.74) is 3.49. The second-order valence-corrected chi connectivity index (χ2v) is 7.96. The summed E-state index contributed by atoms with van der Waals surface area (Å²) in [6.07, 6.45) is 2.09. The molecule has 0 saturated carbocycles. The van der Waals surface area contributed by atoms with Gasteiger partial charge in [-0.2, -0.15) is 0 Å². The molecule has 2 aromatic carbocycles. The van der Waals surface area contributed by atoms with Crippen LogP contribution in [0.3, 0.4) is 0 Å². The van der Waals surface area contributed by atoms with Crippen LogP contribution < -0.4 is 15.4 Å². The molecule has 0 bridgehead atoms. The molecule has 0 radical (unpaired) electrons. The second kappa shape index (κ2) is 8.25. The first-order valence-electron chi connectivity index (χ1n) is 10.5. The molecular weight excluding hydrogens is 428 g/mol. The molecule has 1 aliphatic heterocycles. The molecule has 0 saturated heterocycles. The smallest absolute Gasteiger partial charge is 0.330 e. The Morgan fingerprint density at radius 3 is 2.82 bits per heavy atom. The molecule has 1 amide bonds.